The molecular formula is C21H20BrIN2O. The molecule has 4 rings (SSSR count). The molecule has 1 spiro atoms. The number of halogens is 2. The van der Waals surface area contributed by atoms with Gasteiger partial charge in [-0.15, -0.1) is 0 Å². The molecule has 26 heavy (non-hydrogen) atoms. The van der Waals surface area contributed by atoms with E-state index in [0.717, 1.165) is 35.8 Å². The van der Waals surface area contributed by atoms with E-state index in [2.05, 4.69) is 74.2 Å². The Balaban J connectivity index is 1.63. The molecule has 0 radical (unpaired) electrons. The number of nitrogens with one attached hydrogen (secondary N) is 1. The third-order valence-corrected chi connectivity index (χ3v) is 7.69. The maximum atomic E-state index is 12.4. The number of amides is 1. The van der Waals surface area contributed by atoms with E-state index in [0.29, 0.717) is 0 Å². The maximum Gasteiger partial charge on any atom is 0.243 e. The first-order valence-electron chi connectivity index (χ1n) is 8.76. The Kier molecular flexibility index (Phi) is 4.63. The lowest BCUT2D eigenvalue weighted by Gasteiger charge is -2.45. The lowest BCUT2D eigenvalue weighted by molar-refractivity contribution is -0.123. The number of carbonyl (C=O) groups is 1. The number of carbonyl (C=O) groups excluding carboxylic acids is 1. The first-order chi connectivity index (χ1) is 12.5. The highest BCUT2D eigenvalue weighted by Crippen LogP contribution is 2.55. The molecule has 1 saturated carbocycles. The summed E-state index contributed by atoms with van der Waals surface area (Å²) >= 11 is 5.97. The largest absolute Gasteiger partial charge is 0.371 e. The monoisotopic (exact) mass is 522 g/mol. The molecule has 3 N–H and O–H groups in total. The highest BCUT2D eigenvalue weighted by atomic mass is 127. The van der Waals surface area contributed by atoms with E-state index in [-0.39, 0.29) is 11.3 Å². The van der Waals surface area contributed by atoms with Gasteiger partial charge in [0, 0.05) is 19.2 Å². The number of rotatable bonds is 3. The molecule has 0 saturated heterocycles. The van der Waals surface area contributed by atoms with E-state index in [4.69, 9.17) is 5.73 Å². The fourth-order valence-corrected chi connectivity index (χ4v) is 5.91. The number of allylic oxidation sites excluding steroid dienone is 1. The Hall–Kier alpha value is -1.34. The predicted octanol–water partition coefficient (Wildman–Crippen LogP) is 5.39. The van der Waals surface area contributed by atoms with Crippen molar-refractivity contribution in [3.8, 4) is 0 Å². The normalized spacial score (nSPS) is 27.1. The number of hydrogen-bond acceptors (Lipinski definition) is 2. The van der Waals surface area contributed by atoms with Crippen LogP contribution in [-0.4, -0.2) is 11.4 Å². The molecule has 2 aliphatic carbocycles. The molecule has 0 unspecified atom stereocenters. The van der Waals surface area contributed by atoms with E-state index in [1.54, 1.807) is 0 Å². The molecule has 0 aromatic heterocycles. The van der Waals surface area contributed by atoms with Crippen LogP contribution < -0.4 is 11.1 Å². The predicted molar refractivity (Wildman–Crippen MR) is 118 cm³/mol. The second-order valence-corrected chi connectivity index (χ2v) is 9.32. The lowest BCUT2D eigenvalue weighted by atomic mass is 9.65. The third-order valence-electron chi connectivity index (χ3n) is 5.85. The third kappa shape index (κ3) is 2.89. The molecule has 0 atom stereocenters. The molecule has 2 aliphatic rings. The second kappa shape index (κ2) is 6.68. The van der Waals surface area contributed by atoms with Crippen molar-refractivity contribution in [2.24, 2.45) is 5.73 Å². The Morgan fingerprint density at radius 1 is 1.08 bits per heavy atom. The summed E-state index contributed by atoms with van der Waals surface area (Å²) in [6, 6.07) is 16.5. The first-order valence-corrected chi connectivity index (χ1v) is 10.6. The summed E-state index contributed by atoms with van der Waals surface area (Å²) in [4.78, 5) is 12.4. The van der Waals surface area contributed by atoms with Gasteiger partial charge < -0.3 is 11.1 Å². The Bertz CT molecular complexity index is 900. The topological polar surface area (TPSA) is 55.1 Å². The molecule has 5 heteroatoms. The standard InChI is InChI=1S/C21H20BrIN2O/c22-15-5-3-6-16(13-15)25-21(19(24)26)10-8-20(9-11-21)17-7-2-1-4-14(17)12-18(20)23/h1-7,12-13,25H,8-11H2,(H2,24,26). The summed E-state index contributed by atoms with van der Waals surface area (Å²) in [5, 5.41) is 3.45. The average Bonchev–Trinajstić information content (AvgIpc) is 2.89. The zero-order valence-electron chi connectivity index (χ0n) is 14.3. The molecule has 1 amide bonds. The summed E-state index contributed by atoms with van der Waals surface area (Å²) in [5.41, 5.74) is 8.84. The number of primary amides is 1. The zero-order valence-corrected chi connectivity index (χ0v) is 18.0. The van der Waals surface area contributed by atoms with Gasteiger partial charge in [0.05, 0.1) is 0 Å². The minimum absolute atomic E-state index is 0.0368. The number of fused-ring (bicyclic) bond motifs is 2. The molecule has 0 heterocycles. The first kappa shape index (κ1) is 18.0. The van der Waals surface area contributed by atoms with E-state index in [1.165, 1.54) is 14.7 Å². The molecule has 3 nitrogen and oxygen atoms in total. The van der Waals surface area contributed by atoms with Crippen LogP contribution in [0.2, 0.25) is 0 Å². The Morgan fingerprint density at radius 3 is 2.50 bits per heavy atom. The highest BCUT2D eigenvalue weighted by molar-refractivity contribution is 14.1. The fraction of sp³-hybridized carbons (Fsp3) is 0.286. The van der Waals surface area contributed by atoms with Crippen molar-refractivity contribution < 1.29 is 4.79 Å². The van der Waals surface area contributed by atoms with Gasteiger partial charge in [0.1, 0.15) is 5.54 Å². The summed E-state index contributed by atoms with van der Waals surface area (Å²) in [6.07, 6.45) is 5.58. The van der Waals surface area contributed by atoms with Crippen molar-refractivity contribution in [1.29, 1.82) is 0 Å². The van der Waals surface area contributed by atoms with Gasteiger partial charge in [-0.3, -0.25) is 4.79 Å². The number of nitrogens with two attached hydrogens (primary N) is 1. The molecule has 0 bridgehead atoms. The van der Waals surface area contributed by atoms with Crippen molar-refractivity contribution in [1.82, 2.24) is 0 Å². The van der Waals surface area contributed by atoms with Crippen LogP contribution in [0, 0.1) is 0 Å². The van der Waals surface area contributed by atoms with Crippen LogP contribution >= 0.6 is 38.5 Å². The summed E-state index contributed by atoms with van der Waals surface area (Å²) in [5.74, 6) is -0.266. The van der Waals surface area contributed by atoms with Gasteiger partial charge in [0.25, 0.3) is 0 Å². The molecule has 2 aromatic rings. The van der Waals surface area contributed by atoms with Crippen LogP contribution in [0.15, 0.2) is 56.6 Å². The van der Waals surface area contributed by atoms with E-state index in [1.807, 2.05) is 24.3 Å². The highest BCUT2D eigenvalue weighted by Gasteiger charge is 2.50. The van der Waals surface area contributed by atoms with Crippen LogP contribution in [-0.2, 0) is 10.2 Å². The van der Waals surface area contributed by atoms with Crippen LogP contribution in [0.1, 0.15) is 36.8 Å². The van der Waals surface area contributed by atoms with Crippen LogP contribution in [0.25, 0.3) is 6.08 Å². The number of hydrogen-bond donors (Lipinski definition) is 2. The lowest BCUT2D eigenvalue weighted by Crippen LogP contribution is -2.54. The van der Waals surface area contributed by atoms with E-state index < -0.39 is 5.54 Å². The molecule has 0 aliphatic heterocycles. The van der Waals surface area contributed by atoms with Gasteiger partial charge in [-0.2, -0.15) is 0 Å². The van der Waals surface area contributed by atoms with Gasteiger partial charge in [0.15, 0.2) is 0 Å². The fourth-order valence-electron chi connectivity index (χ4n) is 4.35. The second-order valence-electron chi connectivity index (χ2n) is 7.24. The van der Waals surface area contributed by atoms with E-state index in [9.17, 15) is 4.79 Å². The molecular weight excluding hydrogens is 503 g/mol. The van der Waals surface area contributed by atoms with Crippen LogP contribution in [0.3, 0.4) is 0 Å². The molecule has 1 fully saturated rings. The maximum absolute atomic E-state index is 12.4. The van der Waals surface area contributed by atoms with Gasteiger partial charge in [-0.05, 0) is 83.7 Å². The minimum Gasteiger partial charge on any atom is -0.371 e. The summed E-state index contributed by atoms with van der Waals surface area (Å²) in [7, 11) is 0. The molecule has 2 aromatic carbocycles. The number of benzene rings is 2. The SMILES string of the molecule is NC(=O)C1(Nc2cccc(Br)c2)CCC2(CC1)C(I)=Cc1ccccc12. The number of anilines is 1. The Labute approximate surface area is 175 Å². The van der Waals surface area contributed by atoms with Crippen molar-refractivity contribution in [2.45, 2.75) is 36.6 Å². The summed E-state index contributed by atoms with van der Waals surface area (Å²) in [6.45, 7) is 0. The van der Waals surface area contributed by atoms with Gasteiger partial charge in [0.2, 0.25) is 5.91 Å². The zero-order chi connectivity index (χ0) is 18.4. The van der Waals surface area contributed by atoms with Gasteiger partial charge in [-0.1, -0.05) is 46.3 Å². The van der Waals surface area contributed by atoms with Crippen molar-refractivity contribution in [3.63, 3.8) is 0 Å². The summed E-state index contributed by atoms with van der Waals surface area (Å²) < 4.78 is 2.36. The van der Waals surface area contributed by atoms with E-state index >= 15 is 0 Å². The van der Waals surface area contributed by atoms with Crippen LogP contribution in [0.4, 0.5) is 5.69 Å². The van der Waals surface area contributed by atoms with Crippen LogP contribution in [0.5, 0.6) is 0 Å². The average molecular weight is 523 g/mol. The van der Waals surface area contributed by atoms with Crippen molar-refractivity contribution in [3.05, 3.63) is 67.7 Å². The smallest absolute Gasteiger partial charge is 0.243 e. The van der Waals surface area contributed by atoms with Crippen molar-refractivity contribution in [2.75, 3.05) is 5.32 Å². The molecule has 134 valence electrons. The minimum atomic E-state index is -0.694. The Morgan fingerprint density at radius 2 is 1.81 bits per heavy atom. The van der Waals surface area contributed by atoms with Gasteiger partial charge in [-0.25, -0.2) is 0 Å². The van der Waals surface area contributed by atoms with Gasteiger partial charge >= 0.3 is 0 Å². The van der Waals surface area contributed by atoms with Crippen molar-refractivity contribution >= 4 is 56.2 Å². The quantitative estimate of drug-likeness (QED) is 0.531.